The first-order valence-electron chi connectivity index (χ1n) is 7.22. The van der Waals surface area contributed by atoms with Crippen LogP contribution in [0.5, 0.6) is 0 Å². The van der Waals surface area contributed by atoms with Crippen LogP contribution in [0.1, 0.15) is 24.1 Å². The summed E-state index contributed by atoms with van der Waals surface area (Å²) in [5, 5.41) is 3.84. The average Bonchev–Trinajstić information content (AvgIpc) is 3.05. The van der Waals surface area contributed by atoms with Gasteiger partial charge >= 0.3 is 6.18 Å². The Labute approximate surface area is 132 Å². The van der Waals surface area contributed by atoms with Gasteiger partial charge in [-0.05, 0) is 23.6 Å². The highest BCUT2D eigenvalue weighted by atomic mass is 19.4. The molecule has 1 unspecified atom stereocenters. The van der Waals surface area contributed by atoms with Crippen LogP contribution in [0.4, 0.5) is 13.2 Å². The number of hydrogen-bond acceptors (Lipinski definition) is 1. The first-order valence-corrected chi connectivity index (χ1v) is 7.22. The number of hydrogen-bond donors (Lipinski definition) is 0. The Morgan fingerprint density at radius 1 is 0.913 bits per heavy atom. The van der Waals surface area contributed by atoms with Crippen molar-refractivity contribution >= 4 is 0 Å². The third kappa shape index (κ3) is 3.28. The summed E-state index contributed by atoms with van der Waals surface area (Å²) in [4.78, 5) is 0. The van der Waals surface area contributed by atoms with E-state index in [0.717, 1.165) is 29.1 Å². The maximum atomic E-state index is 12.7. The van der Waals surface area contributed by atoms with Crippen LogP contribution in [0.2, 0.25) is 0 Å². The van der Waals surface area contributed by atoms with Gasteiger partial charge in [0.25, 0.3) is 0 Å². The number of halogens is 3. The van der Waals surface area contributed by atoms with Crippen LogP contribution in [0.3, 0.4) is 0 Å². The van der Waals surface area contributed by atoms with Crippen molar-refractivity contribution < 1.29 is 13.2 Å². The summed E-state index contributed by atoms with van der Waals surface area (Å²) in [5.74, 6) is 0. The molecule has 2 nitrogen and oxygen atoms in total. The second-order valence-electron chi connectivity index (χ2n) is 5.37. The van der Waals surface area contributed by atoms with Crippen molar-refractivity contribution in [3.05, 3.63) is 78.1 Å². The molecule has 0 spiro atoms. The van der Waals surface area contributed by atoms with Gasteiger partial charge in [-0.15, -0.1) is 0 Å². The van der Waals surface area contributed by atoms with E-state index in [1.54, 1.807) is 0 Å². The van der Waals surface area contributed by atoms with Crippen LogP contribution in [0.15, 0.2) is 67.0 Å². The summed E-state index contributed by atoms with van der Waals surface area (Å²) in [6, 6.07) is 17.4. The fraction of sp³-hybridized carbons (Fsp3) is 0.167. The van der Waals surface area contributed by atoms with E-state index in [-0.39, 0.29) is 6.04 Å². The van der Waals surface area contributed by atoms with Gasteiger partial charge in [-0.1, -0.05) is 54.6 Å². The summed E-state index contributed by atoms with van der Waals surface area (Å²) >= 11 is 0. The topological polar surface area (TPSA) is 17.8 Å². The zero-order valence-electron chi connectivity index (χ0n) is 12.5. The Morgan fingerprint density at radius 2 is 1.52 bits per heavy atom. The Balaban J connectivity index is 1.83. The third-order valence-corrected chi connectivity index (χ3v) is 3.83. The zero-order chi connectivity index (χ0) is 16.4. The molecule has 118 valence electrons. The minimum absolute atomic E-state index is 0.268. The predicted molar refractivity (Wildman–Crippen MR) is 82.9 cm³/mol. The van der Waals surface area contributed by atoms with Crippen LogP contribution in [0, 0.1) is 0 Å². The lowest BCUT2D eigenvalue weighted by atomic mass is 10.0. The number of alkyl halides is 3. The van der Waals surface area contributed by atoms with Gasteiger partial charge in [-0.3, -0.25) is 4.68 Å². The van der Waals surface area contributed by atoms with Crippen molar-refractivity contribution in [3.63, 3.8) is 0 Å². The van der Waals surface area contributed by atoms with Gasteiger partial charge in [0.15, 0.2) is 0 Å². The largest absolute Gasteiger partial charge is 0.419 e. The lowest BCUT2D eigenvalue weighted by Crippen LogP contribution is -2.08. The summed E-state index contributed by atoms with van der Waals surface area (Å²) in [6.07, 6.45) is -2.47. The van der Waals surface area contributed by atoms with Gasteiger partial charge in [-0.25, -0.2) is 0 Å². The van der Waals surface area contributed by atoms with Gasteiger partial charge in [0.1, 0.15) is 0 Å². The molecule has 0 radical (unpaired) electrons. The van der Waals surface area contributed by atoms with Gasteiger partial charge in [0.2, 0.25) is 0 Å². The highest BCUT2D eigenvalue weighted by Crippen LogP contribution is 2.30. The Bertz CT molecular complexity index is 774. The van der Waals surface area contributed by atoms with Crippen molar-refractivity contribution in [1.29, 1.82) is 0 Å². The molecule has 1 aromatic heterocycles. The van der Waals surface area contributed by atoms with E-state index >= 15 is 0 Å². The quantitative estimate of drug-likeness (QED) is 0.651. The van der Waals surface area contributed by atoms with Crippen LogP contribution in [0.25, 0.3) is 11.1 Å². The second kappa shape index (κ2) is 5.91. The van der Waals surface area contributed by atoms with E-state index in [0.29, 0.717) is 0 Å². The average molecular weight is 316 g/mol. The van der Waals surface area contributed by atoms with E-state index in [2.05, 4.69) is 5.10 Å². The Morgan fingerprint density at radius 3 is 2.09 bits per heavy atom. The number of benzene rings is 2. The fourth-order valence-electron chi connectivity index (χ4n) is 2.43. The summed E-state index contributed by atoms with van der Waals surface area (Å²) in [5.41, 5.74) is 2.34. The van der Waals surface area contributed by atoms with Gasteiger partial charge < -0.3 is 0 Å². The minimum Gasteiger partial charge on any atom is -0.265 e. The molecular weight excluding hydrogens is 301 g/mol. The standard InChI is InChI=1S/C18H15F3N2/c1-13(23-12-17(11-22-23)18(19,20)21)14-7-9-16(10-8-14)15-5-3-2-4-6-15/h2-13H,1H3. The van der Waals surface area contributed by atoms with Gasteiger partial charge in [0.05, 0.1) is 17.8 Å². The lowest BCUT2D eigenvalue weighted by Gasteiger charge is -2.13. The van der Waals surface area contributed by atoms with E-state index in [9.17, 15) is 13.2 Å². The van der Waals surface area contributed by atoms with E-state index in [1.807, 2.05) is 61.5 Å². The number of nitrogens with zero attached hydrogens (tertiary/aromatic N) is 2. The van der Waals surface area contributed by atoms with Crippen LogP contribution in [-0.2, 0) is 6.18 Å². The zero-order valence-corrected chi connectivity index (χ0v) is 12.5. The molecule has 0 aliphatic rings. The SMILES string of the molecule is CC(c1ccc(-c2ccccc2)cc1)n1cc(C(F)(F)F)cn1. The van der Waals surface area contributed by atoms with Crippen LogP contribution in [-0.4, -0.2) is 9.78 Å². The number of aromatic nitrogens is 2. The molecule has 23 heavy (non-hydrogen) atoms. The van der Waals surface area contributed by atoms with Gasteiger partial charge in [-0.2, -0.15) is 18.3 Å². The molecule has 0 aliphatic carbocycles. The smallest absolute Gasteiger partial charge is 0.265 e. The number of rotatable bonds is 3. The van der Waals surface area contributed by atoms with Crippen molar-refractivity contribution in [3.8, 4) is 11.1 Å². The highest BCUT2D eigenvalue weighted by molar-refractivity contribution is 5.63. The first-order chi connectivity index (χ1) is 10.9. The first kappa shape index (κ1) is 15.3. The molecule has 0 amide bonds. The summed E-state index contributed by atoms with van der Waals surface area (Å²) in [7, 11) is 0. The second-order valence-corrected chi connectivity index (χ2v) is 5.37. The lowest BCUT2D eigenvalue weighted by molar-refractivity contribution is -0.137. The van der Waals surface area contributed by atoms with Crippen molar-refractivity contribution in [2.75, 3.05) is 0 Å². The molecule has 0 bridgehead atoms. The maximum absolute atomic E-state index is 12.7. The summed E-state index contributed by atoms with van der Waals surface area (Å²) in [6.45, 7) is 1.82. The van der Waals surface area contributed by atoms with E-state index < -0.39 is 11.7 Å². The van der Waals surface area contributed by atoms with Crippen molar-refractivity contribution in [2.45, 2.75) is 19.1 Å². The Hall–Kier alpha value is -2.56. The molecular formula is C18H15F3N2. The van der Waals surface area contributed by atoms with Crippen molar-refractivity contribution in [2.24, 2.45) is 0 Å². The molecule has 1 atom stereocenters. The molecule has 0 N–H and O–H groups in total. The maximum Gasteiger partial charge on any atom is 0.419 e. The molecule has 1 heterocycles. The third-order valence-electron chi connectivity index (χ3n) is 3.83. The van der Waals surface area contributed by atoms with Crippen LogP contribution >= 0.6 is 0 Å². The molecule has 0 saturated carbocycles. The summed E-state index contributed by atoms with van der Waals surface area (Å²) < 4.78 is 39.3. The molecule has 0 fully saturated rings. The molecule has 0 saturated heterocycles. The molecule has 3 aromatic rings. The molecule has 0 aliphatic heterocycles. The monoisotopic (exact) mass is 316 g/mol. The van der Waals surface area contributed by atoms with E-state index in [4.69, 9.17) is 0 Å². The van der Waals surface area contributed by atoms with E-state index in [1.165, 1.54) is 4.68 Å². The van der Waals surface area contributed by atoms with Crippen LogP contribution < -0.4 is 0 Å². The Kier molecular flexibility index (Phi) is 3.94. The molecule has 3 rings (SSSR count). The normalized spacial score (nSPS) is 13.0. The molecule has 2 aromatic carbocycles. The fourth-order valence-corrected chi connectivity index (χ4v) is 2.43. The molecule has 5 heteroatoms. The van der Waals surface area contributed by atoms with Crippen molar-refractivity contribution in [1.82, 2.24) is 9.78 Å². The highest BCUT2D eigenvalue weighted by Gasteiger charge is 2.32. The van der Waals surface area contributed by atoms with Gasteiger partial charge in [0, 0.05) is 6.20 Å². The minimum atomic E-state index is -4.37. The predicted octanol–water partition coefficient (Wildman–Crippen LogP) is 5.18.